The van der Waals surface area contributed by atoms with Gasteiger partial charge in [-0.3, -0.25) is 19.8 Å². The molecular weight excluding hydrogens is 237 g/mol. The number of nitrogens with one attached hydrogen (secondary N) is 1. The SMILES string of the molecule is N#Cc1cccc(CN2C(=O)CNCC2=O)c1F. The lowest BCUT2D eigenvalue weighted by atomic mass is 10.1. The third kappa shape index (κ3) is 2.21. The monoisotopic (exact) mass is 247 g/mol. The van der Waals surface area contributed by atoms with Crippen LogP contribution in [0, 0.1) is 17.1 Å². The van der Waals surface area contributed by atoms with Gasteiger partial charge in [0.15, 0.2) is 0 Å². The Bertz CT molecular complexity index is 535. The third-order valence-corrected chi connectivity index (χ3v) is 2.68. The average Bonchev–Trinajstić information content (AvgIpc) is 2.36. The molecule has 0 atom stereocenters. The Hall–Kier alpha value is -2.26. The van der Waals surface area contributed by atoms with Crippen LogP contribution in [0.3, 0.4) is 0 Å². The minimum atomic E-state index is -0.681. The van der Waals surface area contributed by atoms with Gasteiger partial charge in [-0.25, -0.2) is 4.39 Å². The van der Waals surface area contributed by atoms with Gasteiger partial charge in [0.1, 0.15) is 11.9 Å². The predicted octanol–water partition coefficient (Wildman–Crippen LogP) is 0.156. The van der Waals surface area contributed by atoms with Gasteiger partial charge in [-0.1, -0.05) is 12.1 Å². The highest BCUT2D eigenvalue weighted by atomic mass is 19.1. The van der Waals surface area contributed by atoms with Gasteiger partial charge in [0.25, 0.3) is 0 Å². The van der Waals surface area contributed by atoms with E-state index < -0.39 is 17.6 Å². The molecule has 1 fully saturated rings. The largest absolute Gasteiger partial charge is 0.300 e. The molecule has 5 nitrogen and oxygen atoms in total. The molecule has 1 N–H and O–H groups in total. The summed E-state index contributed by atoms with van der Waals surface area (Å²) in [7, 11) is 0. The van der Waals surface area contributed by atoms with Crippen molar-refractivity contribution < 1.29 is 14.0 Å². The van der Waals surface area contributed by atoms with Crippen LogP contribution in [0.1, 0.15) is 11.1 Å². The highest BCUT2D eigenvalue weighted by molar-refractivity contribution is 5.99. The fourth-order valence-electron chi connectivity index (χ4n) is 1.74. The molecular formula is C12H10FN3O2. The number of nitrogens with zero attached hydrogens (tertiary/aromatic N) is 2. The minimum Gasteiger partial charge on any atom is -0.300 e. The Morgan fingerprint density at radius 1 is 1.33 bits per heavy atom. The normalized spacial score (nSPS) is 15.7. The van der Waals surface area contributed by atoms with E-state index in [1.54, 1.807) is 6.07 Å². The zero-order valence-electron chi connectivity index (χ0n) is 9.44. The topological polar surface area (TPSA) is 73.2 Å². The summed E-state index contributed by atoms with van der Waals surface area (Å²) in [5.41, 5.74) is 0.0696. The fourth-order valence-corrected chi connectivity index (χ4v) is 1.74. The second-order valence-electron chi connectivity index (χ2n) is 3.87. The molecule has 0 spiro atoms. The van der Waals surface area contributed by atoms with Gasteiger partial charge in [0, 0.05) is 5.56 Å². The van der Waals surface area contributed by atoms with E-state index in [9.17, 15) is 14.0 Å². The summed E-state index contributed by atoms with van der Waals surface area (Å²) in [4.78, 5) is 24.1. The Kier molecular flexibility index (Phi) is 3.35. The van der Waals surface area contributed by atoms with Crippen LogP contribution in [0.2, 0.25) is 0 Å². The second-order valence-corrected chi connectivity index (χ2v) is 3.87. The number of carbonyl (C=O) groups excluding carboxylic acids is 2. The number of amides is 2. The van der Waals surface area contributed by atoms with Crippen molar-refractivity contribution in [1.82, 2.24) is 10.2 Å². The summed E-state index contributed by atoms with van der Waals surface area (Å²) in [6.45, 7) is -0.0166. The molecule has 0 unspecified atom stereocenters. The number of piperazine rings is 1. The molecule has 0 aromatic heterocycles. The summed E-state index contributed by atoms with van der Waals surface area (Å²) >= 11 is 0. The van der Waals surface area contributed by atoms with Gasteiger partial charge in [-0.2, -0.15) is 5.26 Å². The van der Waals surface area contributed by atoms with Crippen molar-refractivity contribution in [2.45, 2.75) is 6.54 Å². The van der Waals surface area contributed by atoms with E-state index >= 15 is 0 Å². The molecule has 2 rings (SSSR count). The molecule has 1 saturated heterocycles. The van der Waals surface area contributed by atoms with Crippen LogP contribution in [-0.4, -0.2) is 29.8 Å². The van der Waals surface area contributed by atoms with E-state index in [2.05, 4.69) is 5.32 Å². The predicted molar refractivity (Wildman–Crippen MR) is 59.5 cm³/mol. The molecule has 18 heavy (non-hydrogen) atoms. The summed E-state index contributed by atoms with van der Waals surface area (Å²) in [5.74, 6) is -1.47. The van der Waals surface area contributed by atoms with Crippen LogP contribution in [0.4, 0.5) is 4.39 Å². The number of imide groups is 1. The van der Waals surface area contributed by atoms with Crippen LogP contribution in [-0.2, 0) is 16.1 Å². The van der Waals surface area contributed by atoms with Crippen LogP contribution in [0.15, 0.2) is 18.2 Å². The average molecular weight is 247 g/mol. The Morgan fingerprint density at radius 2 is 2.00 bits per heavy atom. The van der Waals surface area contributed by atoms with Gasteiger partial charge in [0.05, 0.1) is 25.2 Å². The van der Waals surface area contributed by atoms with Crippen molar-refractivity contribution in [1.29, 1.82) is 5.26 Å². The first-order valence-corrected chi connectivity index (χ1v) is 5.35. The van der Waals surface area contributed by atoms with E-state index in [0.29, 0.717) is 0 Å². The lowest BCUT2D eigenvalue weighted by molar-refractivity contribution is -0.147. The first-order chi connectivity index (χ1) is 8.63. The molecule has 0 aliphatic carbocycles. The maximum Gasteiger partial charge on any atom is 0.243 e. The van der Waals surface area contributed by atoms with Gasteiger partial charge in [-0.15, -0.1) is 0 Å². The summed E-state index contributed by atoms with van der Waals surface area (Å²) < 4.78 is 13.8. The molecule has 2 amide bonds. The lowest BCUT2D eigenvalue weighted by Crippen LogP contribution is -2.51. The quantitative estimate of drug-likeness (QED) is 0.755. The van der Waals surface area contributed by atoms with E-state index in [1.165, 1.54) is 18.2 Å². The highest BCUT2D eigenvalue weighted by Crippen LogP contribution is 2.15. The van der Waals surface area contributed by atoms with Crippen LogP contribution in [0.25, 0.3) is 0 Å². The van der Waals surface area contributed by atoms with Crippen LogP contribution >= 0.6 is 0 Å². The zero-order valence-corrected chi connectivity index (χ0v) is 9.44. The summed E-state index contributed by atoms with van der Waals surface area (Å²) in [6.07, 6.45) is 0. The Labute approximate surface area is 103 Å². The van der Waals surface area contributed by atoms with Crippen molar-refractivity contribution in [3.8, 4) is 6.07 Å². The van der Waals surface area contributed by atoms with E-state index in [4.69, 9.17) is 5.26 Å². The molecule has 1 aliphatic heterocycles. The van der Waals surface area contributed by atoms with Crippen molar-refractivity contribution in [3.63, 3.8) is 0 Å². The van der Waals surface area contributed by atoms with Gasteiger partial charge in [-0.05, 0) is 6.07 Å². The number of carbonyl (C=O) groups is 2. The lowest BCUT2D eigenvalue weighted by Gasteiger charge is -2.25. The molecule has 0 radical (unpaired) electrons. The minimum absolute atomic E-state index is 0.0608. The number of nitriles is 1. The first kappa shape index (κ1) is 12.2. The Balaban J connectivity index is 2.26. The van der Waals surface area contributed by atoms with E-state index in [1.807, 2.05) is 0 Å². The Morgan fingerprint density at radius 3 is 2.61 bits per heavy atom. The first-order valence-electron chi connectivity index (χ1n) is 5.35. The standard InChI is InChI=1S/C12H10FN3O2/c13-12-8(4-14)2-1-3-9(12)7-16-10(17)5-15-6-11(16)18/h1-3,15H,5-7H2. The van der Waals surface area contributed by atoms with Crippen LogP contribution in [0.5, 0.6) is 0 Å². The molecule has 0 saturated carbocycles. The molecule has 6 heteroatoms. The fraction of sp³-hybridized carbons (Fsp3) is 0.250. The van der Waals surface area contributed by atoms with Crippen molar-refractivity contribution in [2.75, 3.05) is 13.1 Å². The molecule has 1 aromatic carbocycles. The molecule has 1 aliphatic rings. The van der Waals surface area contributed by atoms with Crippen molar-refractivity contribution >= 4 is 11.8 Å². The second kappa shape index (κ2) is 4.94. The molecule has 92 valence electrons. The molecule has 1 aromatic rings. The number of rotatable bonds is 2. The summed E-state index contributed by atoms with van der Waals surface area (Å²) in [6, 6.07) is 6.05. The number of hydrogen-bond acceptors (Lipinski definition) is 4. The van der Waals surface area contributed by atoms with Crippen LogP contribution < -0.4 is 5.32 Å². The third-order valence-electron chi connectivity index (χ3n) is 2.68. The van der Waals surface area contributed by atoms with E-state index in [0.717, 1.165) is 4.90 Å². The van der Waals surface area contributed by atoms with Gasteiger partial charge >= 0.3 is 0 Å². The number of hydrogen-bond donors (Lipinski definition) is 1. The zero-order chi connectivity index (χ0) is 13.1. The van der Waals surface area contributed by atoms with E-state index in [-0.39, 0.29) is 30.8 Å². The maximum atomic E-state index is 13.8. The number of benzene rings is 1. The highest BCUT2D eigenvalue weighted by Gasteiger charge is 2.26. The molecule has 0 bridgehead atoms. The van der Waals surface area contributed by atoms with Gasteiger partial charge in [0.2, 0.25) is 11.8 Å². The van der Waals surface area contributed by atoms with Crippen molar-refractivity contribution in [2.24, 2.45) is 0 Å². The summed E-state index contributed by atoms with van der Waals surface area (Å²) in [5, 5.41) is 11.4. The smallest absolute Gasteiger partial charge is 0.243 e. The number of halogens is 1. The van der Waals surface area contributed by atoms with Crippen molar-refractivity contribution in [3.05, 3.63) is 35.1 Å². The maximum absolute atomic E-state index is 13.8. The van der Waals surface area contributed by atoms with Gasteiger partial charge < -0.3 is 0 Å². The molecule has 1 heterocycles.